The van der Waals surface area contributed by atoms with E-state index in [4.69, 9.17) is 0 Å². The highest BCUT2D eigenvalue weighted by Crippen LogP contribution is 2.65. The van der Waals surface area contributed by atoms with Crippen molar-refractivity contribution in [2.75, 3.05) is 0 Å². The first-order valence-electron chi connectivity index (χ1n) is 8.62. The van der Waals surface area contributed by atoms with Gasteiger partial charge in [0, 0.05) is 10.8 Å². The maximum atomic E-state index is 13.4. The summed E-state index contributed by atoms with van der Waals surface area (Å²) in [5, 5.41) is 20.2. The number of fused-ring (bicyclic) bond motifs is 5. The number of allylic oxidation sites excluding steroid dienone is 3. The summed E-state index contributed by atoms with van der Waals surface area (Å²) in [6.07, 6.45) is 4.53. The molecular weight excluding hydrogens is 310 g/mol. The molecule has 4 heteroatoms. The number of aliphatic hydroxyl groups is 1. The van der Waals surface area contributed by atoms with Crippen molar-refractivity contribution < 1.29 is 19.0 Å². The van der Waals surface area contributed by atoms with Gasteiger partial charge in [-0.15, -0.1) is 0 Å². The summed E-state index contributed by atoms with van der Waals surface area (Å²) in [5.41, 5.74) is 1.89. The molecule has 128 valence electrons. The minimum Gasteiger partial charge on any atom is -0.508 e. The molecule has 0 heterocycles. The van der Waals surface area contributed by atoms with Gasteiger partial charge in [0.05, 0.1) is 6.10 Å². The zero-order valence-corrected chi connectivity index (χ0v) is 13.7. The van der Waals surface area contributed by atoms with E-state index in [9.17, 15) is 19.0 Å². The van der Waals surface area contributed by atoms with Gasteiger partial charge in [-0.25, -0.2) is 0 Å². The lowest BCUT2D eigenvalue weighted by atomic mass is 9.51. The molecular formula is C20H22F2O2. The number of halogens is 2. The normalized spacial score (nSPS) is 37.1. The number of aliphatic hydroxyl groups excluding tert-OH is 1. The summed E-state index contributed by atoms with van der Waals surface area (Å²) < 4.78 is 26.9. The molecule has 0 radical (unpaired) electrons. The van der Waals surface area contributed by atoms with Gasteiger partial charge >= 0.3 is 0 Å². The second-order valence-electron chi connectivity index (χ2n) is 7.79. The topological polar surface area (TPSA) is 40.5 Å². The van der Waals surface area contributed by atoms with Gasteiger partial charge in [-0.3, -0.25) is 0 Å². The van der Waals surface area contributed by atoms with Crippen molar-refractivity contribution in [1.82, 2.24) is 0 Å². The number of hydrogen-bond acceptors (Lipinski definition) is 2. The van der Waals surface area contributed by atoms with Crippen LogP contribution >= 0.6 is 0 Å². The summed E-state index contributed by atoms with van der Waals surface area (Å²) in [6.45, 7) is 2.04. The monoisotopic (exact) mass is 332 g/mol. The zero-order chi connectivity index (χ0) is 17.1. The number of phenols is 1. The standard InChI is InChI=1S/C20H22F2O2/c1-19-8-7-15-14-3-2-13(23)10-12(14)6-9-20(15,11-18(21)22)16(19)4-5-17(19)24/h2-3,7,10-11,16-17,23-24H,4-6,8-9H2,1H3/t16-,17+,19+,20+/m1/s1. The second-order valence-corrected chi connectivity index (χ2v) is 7.79. The van der Waals surface area contributed by atoms with Gasteiger partial charge in [0.15, 0.2) is 0 Å². The minimum absolute atomic E-state index is 0.0171. The van der Waals surface area contributed by atoms with E-state index in [2.05, 4.69) is 6.08 Å². The van der Waals surface area contributed by atoms with Gasteiger partial charge < -0.3 is 10.2 Å². The molecule has 2 nitrogen and oxygen atoms in total. The van der Waals surface area contributed by atoms with E-state index in [0.717, 1.165) is 29.2 Å². The lowest BCUT2D eigenvalue weighted by Gasteiger charge is -2.52. The molecule has 1 fully saturated rings. The average molecular weight is 332 g/mol. The van der Waals surface area contributed by atoms with Crippen LogP contribution in [0.15, 0.2) is 36.4 Å². The van der Waals surface area contributed by atoms with Gasteiger partial charge in [0.1, 0.15) is 5.75 Å². The maximum Gasteiger partial charge on any atom is 0.267 e. The fourth-order valence-corrected chi connectivity index (χ4v) is 5.55. The van der Waals surface area contributed by atoms with Crippen LogP contribution in [0.25, 0.3) is 5.57 Å². The van der Waals surface area contributed by atoms with E-state index in [1.807, 2.05) is 13.0 Å². The number of phenolic OH excluding ortho intramolecular Hbond substituents is 1. The van der Waals surface area contributed by atoms with Gasteiger partial charge in [0.25, 0.3) is 6.08 Å². The third-order valence-corrected chi connectivity index (χ3v) is 6.71. The van der Waals surface area contributed by atoms with E-state index in [-0.39, 0.29) is 17.1 Å². The minimum atomic E-state index is -1.64. The lowest BCUT2D eigenvalue weighted by molar-refractivity contribution is 0.00888. The van der Waals surface area contributed by atoms with E-state index in [0.29, 0.717) is 25.7 Å². The van der Waals surface area contributed by atoms with Crippen LogP contribution in [0.2, 0.25) is 0 Å². The number of benzene rings is 1. The molecule has 4 rings (SSSR count). The molecule has 0 amide bonds. The van der Waals surface area contributed by atoms with E-state index in [1.54, 1.807) is 12.1 Å². The Bertz CT molecular complexity index is 750. The Kier molecular flexibility index (Phi) is 3.40. The van der Waals surface area contributed by atoms with E-state index in [1.165, 1.54) is 0 Å². The molecule has 1 aromatic carbocycles. The van der Waals surface area contributed by atoms with Gasteiger partial charge in [-0.2, -0.15) is 8.78 Å². The van der Waals surface area contributed by atoms with E-state index < -0.39 is 17.6 Å². The van der Waals surface area contributed by atoms with Crippen molar-refractivity contribution in [3.8, 4) is 5.75 Å². The highest BCUT2D eigenvalue weighted by molar-refractivity contribution is 5.78. The molecule has 3 aliphatic rings. The maximum absolute atomic E-state index is 13.4. The third kappa shape index (κ3) is 2.02. The number of rotatable bonds is 1. The predicted molar refractivity (Wildman–Crippen MR) is 88.6 cm³/mol. The van der Waals surface area contributed by atoms with Gasteiger partial charge in [-0.1, -0.05) is 19.1 Å². The second kappa shape index (κ2) is 5.16. The average Bonchev–Trinajstić information content (AvgIpc) is 2.83. The Hall–Kier alpha value is -1.68. The number of aromatic hydroxyl groups is 1. The van der Waals surface area contributed by atoms with Crippen molar-refractivity contribution in [1.29, 1.82) is 0 Å². The third-order valence-electron chi connectivity index (χ3n) is 6.71. The van der Waals surface area contributed by atoms with Crippen molar-refractivity contribution >= 4 is 5.57 Å². The summed E-state index contributed by atoms with van der Waals surface area (Å²) in [4.78, 5) is 0. The van der Waals surface area contributed by atoms with Crippen LogP contribution in [0.1, 0.15) is 43.7 Å². The molecule has 2 N–H and O–H groups in total. The molecule has 0 spiro atoms. The quantitative estimate of drug-likeness (QED) is 0.784. The summed E-state index contributed by atoms with van der Waals surface area (Å²) in [5.74, 6) is 0.231. The smallest absolute Gasteiger partial charge is 0.267 e. The van der Waals surface area contributed by atoms with E-state index >= 15 is 0 Å². The summed E-state index contributed by atoms with van der Waals surface area (Å²) in [6, 6.07) is 5.22. The first-order valence-corrected chi connectivity index (χ1v) is 8.62. The molecule has 3 aliphatic carbocycles. The SMILES string of the molecule is C[C@]12CC=C3c4ccc(O)cc4CC[C@@]3(C=C(F)F)[C@@H]1CC[C@@H]2O. The lowest BCUT2D eigenvalue weighted by Crippen LogP contribution is -2.46. The first-order chi connectivity index (χ1) is 11.4. The van der Waals surface area contributed by atoms with Crippen LogP contribution in [0.5, 0.6) is 5.75 Å². The highest BCUT2D eigenvalue weighted by Gasteiger charge is 2.58. The van der Waals surface area contributed by atoms with Crippen LogP contribution in [-0.2, 0) is 6.42 Å². The molecule has 4 atom stereocenters. The molecule has 0 saturated heterocycles. The van der Waals surface area contributed by atoms with Gasteiger partial charge in [0.2, 0.25) is 0 Å². The van der Waals surface area contributed by atoms with Crippen LogP contribution < -0.4 is 0 Å². The van der Waals surface area contributed by atoms with Crippen LogP contribution in [0.4, 0.5) is 8.78 Å². The fourth-order valence-electron chi connectivity index (χ4n) is 5.55. The Labute approximate surface area is 140 Å². The largest absolute Gasteiger partial charge is 0.508 e. The predicted octanol–water partition coefficient (Wildman–Crippen LogP) is 4.67. The van der Waals surface area contributed by atoms with Crippen molar-refractivity contribution in [3.63, 3.8) is 0 Å². The van der Waals surface area contributed by atoms with Crippen LogP contribution in [0, 0.1) is 16.7 Å². The fraction of sp³-hybridized carbons (Fsp3) is 0.500. The molecule has 0 bridgehead atoms. The van der Waals surface area contributed by atoms with Crippen LogP contribution in [-0.4, -0.2) is 16.3 Å². The number of aryl methyl sites for hydroxylation is 1. The van der Waals surface area contributed by atoms with Crippen LogP contribution in [0.3, 0.4) is 0 Å². The first kappa shape index (κ1) is 15.8. The number of hydrogen-bond donors (Lipinski definition) is 2. The molecule has 0 aliphatic heterocycles. The zero-order valence-electron chi connectivity index (χ0n) is 13.7. The molecule has 0 unspecified atom stereocenters. The summed E-state index contributed by atoms with van der Waals surface area (Å²) >= 11 is 0. The molecule has 1 saturated carbocycles. The Balaban J connectivity index is 1.93. The Morgan fingerprint density at radius 2 is 2.08 bits per heavy atom. The Morgan fingerprint density at radius 1 is 1.29 bits per heavy atom. The summed E-state index contributed by atoms with van der Waals surface area (Å²) in [7, 11) is 0. The molecule has 24 heavy (non-hydrogen) atoms. The van der Waals surface area contributed by atoms with Crippen molar-refractivity contribution in [2.24, 2.45) is 16.7 Å². The molecule has 1 aromatic rings. The van der Waals surface area contributed by atoms with Crippen molar-refractivity contribution in [3.05, 3.63) is 47.6 Å². The molecule has 0 aromatic heterocycles. The van der Waals surface area contributed by atoms with Crippen molar-refractivity contribution in [2.45, 2.75) is 45.1 Å². The van der Waals surface area contributed by atoms with Gasteiger partial charge in [-0.05, 0) is 72.9 Å². The highest BCUT2D eigenvalue weighted by atomic mass is 19.3. The Morgan fingerprint density at radius 3 is 2.83 bits per heavy atom.